The summed E-state index contributed by atoms with van der Waals surface area (Å²) in [7, 11) is 5.76. The van der Waals surface area contributed by atoms with E-state index < -0.39 is 5.60 Å². The third kappa shape index (κ3) is 5.12. The van der Waals surface area contributed by atoms with Crippen molar-refractivity contribution in [2.45, 2.75) is 18.4 Å². The maximum Gasteiger partial charge on any atom is 0.129 e. The number of ether oxygens (including phenoxy) is 1. The Hall–Kier alpha value is -3.25. The number of pyridine rings is 1. The van der Waals surface area contributed by atoms with E-state index in [0.717, 1.165) is 60.8 Å². The van der Waals surface area contributed by atoms with Crippen LogP contribution in [0, 0.1) is 0 Å². The predicted octanol–water partition coefficient (Wildman–Crippen LogP) is 7.21. The summed E-state index contributed by atoms with van der Waals surface area (Å²) in [5, 5.41) is 15.8. The average molecular weight is 556 g/mol. The van der Waals surface area contributed by atoms with Crippen molar-refractivity contribution < 1.29 is 9.84 Å². The highest BCUT2D eigenvalue weighted by Crippen LogP contribution is 2.42. The standard InChI is InChI=1S/C32H31BrN2O2/c1-35(2)19-18-32(36,26-14-8-12-22-10-4-6-13-25(22)26)21-24-20-23-11-5-7-16-28(23)34-31(24)30-27(33)15-9-17-29(30)37-3/h4-17,20,36H,18-19,21H2,1-3H3. The van der Waals surface area contributed by atoms with Gasteiger partial charge in [-0.2, -0.15) is 0 Å². The quantitative estimate of drug-likeness (QED) is 0.220. The second-order valence-electron chi connectivity index (χ2n) is 9.79. The lowest BCUT2D eigenvalue weighted by Gasteiger charge is -2.32. The number of benzene rings is 4. The zero-order valence-electron chi connectivity index (χ0n) is 21.4. The minimum atomic E-state index is -1.11. The molecule has 1 heterocycles. The third-order valence-corrected chi connectivity index (χ3v) is 7.64. The minimum Gasteiger partial charge on any atom is -0.496 e. The van der Waals surface area contributed by atoms with Gasteiger partial charge in [0.1, 0.15) is 5.75 Å². The fourth-order valence-electron chi connectivity index (χ4n) is 5.09. The Kier molecular flexibility index (Phi) is 7.29. The minimum absolute atomic E-state index is 0.409. The van der Waals surface area contributed by atoms with Crippen molar-refractivity contribution >= 4 is 37.6 Å². The van der Waals surface area contributed by atoms with Crippen molar-refractivity contribution in [3.05, 3.63) is 107 Å². The van der Waals surface area contributed by atoms with Gasteiger partial charge in [0.05, 0.1) is 29.5 Å². The Morgan fingerprint density at radius 3 is 2.38 bits per heavy atom. The van der Waals surface area contributed by atoms with E-state index in [0.29, 0.717) is 12.8 Å². The van der Waals surface area contributed by atoms with Gasteiger partial charge >= 0.3 is 0 Å². The largest absolute Gasteiger partial charge is 0.496 e. The van der Waals surface area contributed by atoms with Crippen LogP contribution in [-0.4, -0.2) is 42.7 Å². The number of aromatic nitrogens is 1. The molecule has 1 atom stereocenters. The van der Waals surface area contributed by atoms with E-state index in [1.807, 2.05) is 68.7 Å². The molecule has 1 unspecified atom stereocenters. The molecule has 5 heteroatoms. The number of rotatable bonds is 8. The van der Waals surface area contributed by atoms with E-state index >= 15 is 0 Å². The topological polar surface area (TPSA) is 45.6 Å². The SMILES string of the molecule is COc1cccc(Br)c1-c1nc2ccccc2cc1CC(O)(CCN(C)C)c1cccc2ccccc12. The summed E-state index contributed by atoms with van der Waals surface area (Å²) in [4.78, 5) is 7.24. The van der Waals surface area contributed by atoms with E-state index in [1.165, 1.54) is 0 Å². The van der Waals surface area contributed by atoms with Crippen molar-refractivity contribution in [1.82, 2.24) is 9.88 Å². The molecule has 1 aromatic heterocycles. The molecular weight excluding hydrogens is 524 g/mol. The van der Waals surface area contributed by atoms with Crippen molar-refractivity contribution in [2.24, 2.45) is 0 Å². The molecule has 1 N–H and O–H groups in total. The van der Waals surface area contributed by atoms with Crippen LogP contribution in [0.15, 0.2) is 95.5 Å². The molecule has 188 valence electrons. The number of aliphatic hydroxyl groups is 1. The summed E-state index contributed by atoms with van der Waals surface area (Å²) in [6.45, 7) is 0.744. The van der Waals surface area contributed by atoms with Gasteiger partial charge < -0.3 is 14.7 Å². The molecule has 37 heavy (non-hydrogen) atoms. The van der Waals surface area contributed by atoms with E-state index in [9.17, 15) is 5.11 Å². The molecule has 0 amide bonds. The molecule has 0 aliphatic carbocycles. The van der Waals surface area contributed by atoms with Crippen LogP contribution < -0.4 is 4.74 Å². The monoisotopic (exact) mass is 554 g/mol. The van der Waals surface area contributed by atoms with Crippen molar-refractivity contribution in [2.75, 3.05) is 27.7 Å². The number of para-hydroxylation sites is 1. The molecular formula is C32H31BrN2O2. The lowest BCUT2D eigenvalue weighted by atomic mass is 9.80. The highest BCUT2D eigenvalue weighted by molar-refractivity contribution is 9.10. The predicted molar refractivity (Wildman–Crippen MR) is 156 cm³/mol. The second kappa shape index (κ2) is 10.6. The number of hydrogen-bond donors (Lipinski definition) is 1. The van der Waals surface area contributed by atoms with Crippen LogP contribution in [0.2, 0.25) is 0 Å². The molecule has 0 saturated carbocycles. The zero-order chi connectivity index (χ0) is 26.0. The number of fused-ring (bicyclic) bond motifs is 2. The lowest BCUT2D eigenvalue weighted by Crippen LogP contribution is -2.33. The highest BCUT2D eigenvalue weighted by atomic mass is 79.9. The van der Waals surface area contributed by atoms with Crippen LogP contribution in [0.1, 0.15) is 17.5 Å². The second-order valence-corrected chi connectivity index (χ2v) is 10.6. The van der Waals surface area contributed by atoms with Crippen LogP contribution in [0.4, 0.5) is 0 Å². The maximum absolute atomic E-state index is 12.5. The van der Waals surface area contributed by atoms with Gasteiger partial charge in [-0.25, -0.2) is 4.98 Å². The van der Waals surface area contributed by atoms with Crippen molar-refractivity contribution in [3.8, 4) is 17.0 Å². The molecule has 0 radical (unpaired) electrons. The molecule has 0 fully saturated rings. The summed E-state index contributed by atoms with van der Waals surface area (Å²) in [6.07, 6.45) is 0.986. The first-order chi connectivity index (χ1) is 17.9. The molecule has 0 aliphatic heterocycles. The summed E-state index contributed by atoms with van der Waals surface area (Å²) in [6, 6.07) is 30.7. The Balaban J connectivity index is 1.74. The fourth-order valence-corrected chi connectivity index (χ4v) is 5.62. The van der Waals surface area contributed by atoms with Crippen LogP contribution in [0.25, 0.3) is 32.9 Å². The van der Waals surface area contributed by atoms with Gasteiger partial charge in [0, 0.05) is 22.8 Å². The van der Waals surface area contributed by atoms with E-state index in [4.69, 9.17) is 9.72 Å². The molecule has 4 nitrogen and oxygen atoms in total. The Morgan fingerprint density at radius 1 is 0.892 bits per heavy atom. The highest BCUT2D eigenvalue weighted by Gasteiger charge is 2.33. The van der Waals surface area contributed by atoms with Crippen LogP contribution in [0.5, 0.6) is 5.75 Å². The van der Waals surface area contributed by atoms with Crippen molar-refractivity contribution in [1.29, 1.82) is 0 Å². The van der Waals surface area contributed by atoms with Gasteiger partial charge in [0.15, 0.2) is 0 Å². The molecule has 5 rings (SSSR count). The van der Waals surface area contributed by atoms with E-state index in [-0.39, 0.29) is 0 Å². The van der Waals surface area contributed by atoms with E-state index in [2.05, 4.69) is 57.2 Å². The molecule has 5 aromatic rings. The average Bonchev–Trinajstić information content (AvgIpc) is 2.91. The number of halogens is 1. The van der Waals surface area contributed by atoms with Crippen LogP contribution >= 0.6 is 15.9 Å². The third-order valence-electron chi connectivity index (χ3n) is 6.98. The normalized spacial score (nSPS) is 13.2. The Morgan fingerprint density at radius 2 is 1.59 bits per heavy atom. The number of hydrogen-bond acceptors (Lipinski definition) is 4. The lowest BCUT2D eigenvalue weighted by molar-refractivity contribution is 0.0227. The molecule has 4 aromatic carbocycles. The van der Waals surface area contributed by atoms with Gasteiger partial charge in [-0.1, -0.05) is 66.7 Å². The maximum atomic E-state index is 12.5. The molecule has 0 bridgehead atoms. The van der Waals surface area contributed by atoms with E-state index in [1.54, 1.807) is 7.11 Å². The Bertz CT molecular complexity index is 1560. The summed E-state index contributed by atoms with van der Waals surface area (Å²) >= 11 is 3.74. The molecule has 0 spiro atoms. The van der Waals surface area contributed by atoms with Crippen LogP contribution in [0.3, 0.4) is 0 Å². The summed E-state index contributed by atoms with van der Waals surface area (Å²) < 4.78 is 6.66. The van der Waals surface area contributed by atoms with Gasteiger partial charge in [-0.15, -0.1) is 0 Å². The summed E-state index contributed by atoms with van der Waals surface area (Å²) in [5.41, 5.74) is 3.40. The van der Waals surface area contributed by atoms with Crippen LogP contribution in [-0.2, 0) is 12.0 Å². The first-order valence-corrected chi connectivity index (χ1v) is 13.3. The zero-order valence-corrected chi connectivity index (χ0v) is 23.0. The van der Waals surface area contributed by atoms with Gasteiger partial charge in [-0.3, -0.25) is 0 Å². The number of nitrogens with zero attached hydrogens (tertiary/aromatic N) is 2. The van der Waals surface area contributed by atoms with Gasteiger partial charge in [0.2, 0.25) is 0 Å². The van der Waals surface area contributed by atoms with Gasteiger partial charge in [0.25, 0.3) is 0 Å². The molecule has 0 saturated heterocycles. The first-order valence-electron chi connectivity index (χ1n) is 12.5. The van der Waals surface area contributed by atoms with Crippen molar-refractivity contribution in [3.63, 3.8) is 0 Å². The first kappa shape index (κ1) is 25.4. The molecule has 0 aliphatic rings. The smallest absolute Gasteiger partial charge is 0.129 e. The Labute approximate surface area is 226 Å². The number of methoxy groups -OCH3 is 1. The fraction of sp³-hybridized carbons (Fsp3) is 0.219. The summed E-state index contributed by atoms with van der Waals surface area (Å²) in [5.74, 6) is 0.736. The van der Waals surface area contributed by atoms with Gasteiger partial charge in [-0.05, 0) is 82.6 Å².